The van der Waals surface area contributed by atoms with E-state index >= 15 is 0 Å². The summed E-state index contributed by atoms with van der Waals surface area (Å²) >= 11 is 0. The molecular formula is C16H22. The van der Waals surface area contributed by atoms with E-state index in [2.05, 4.69) is 46.6 Å². The van der Waals surface area contributed by atoms with Crippen LogP contribution in [0, 0.1) is 40.0 Å². The fourth-order valence-corrected chi connectivity index (χ4v) is 2.45. The van der Waals surface area contributed by atoms with Crippen LogP contribution in [0.3, 0.4) is 0 Å². The highest BCUT2D eigenvalue weighted by Crippen LogP contribution is 2.32. The van der Waals surface area contributed by atoms with Crippen molar-refractivity contribution in [2.45, 2.75) is 53.4 Å². The van der Waals surface area contributed by atoms with Crippen LogP contribution in [0.2, 0.25) is 0 Å². The molecule has 0 aliphatic heterocycles. The van der Waals surface area contributed by atoms with Gasteiger partial charge in [-0.05, 0) is 67.9 Å². The Morgan fingerprint density at radius 1 is 1.12 bits per heavy atom. The molecule has 1 rings (SSSR count). The predicted molar refractivity (Wildman–Crippen MR) is 71.9 cm³/mol. The maximum absolute atomic E-state index is 5.47. The summed E-state index contributed by atoms with van der Waals surface area (Å²) in [6, 6.07) is 2.27. The third-order valence-corrected chi connectivity index (χ3v) is 3.69. The van der Waals surface area contributed by atoms with Gasteiger partial charge in [-0.25, -0.2) is 0 Å². The molecule has 1 aromatic rings. The Kier molecular flexibility index (Phi) is 4.19. The molecule has 0 heterocycles. The summed E-state index contributed by atoms with van der Waals surface area (Å²) in [5.41, 5.74) is 7.09. The molecule has 0 saturated heterocycles. The van der Waals surface area contributed by atoms with Gasteiger partial charge in [-0.3, -0.25) is 0 Å². The summed E-state index contributed by atoms with van der Waals surface area (Å²) in [7, 11) is 0. The Hall–Kier alpha value is -1.22. The Morgan fingerprint density at radius 2 is 1.62 bits per heavy atom. The van der Waals surface area contributed by atoms with Crippen LogP contribution in [-0.4, -0.2) is 0 Å². The molecule has 0 spiro atoms. The van der Waals surface area contributed by atoms with Crippen molar-refractivity contribution in [1.29, 1.82) is 0 Å². The van der Waals surface area contributed by atoms with Gasteiger partial charge >= 0.3 is 0 Å². The lowest BCUT2D eigenvalue weighted by molar-refractivity contribution is 0.674. The van der Waals surface area contributed by atoms with Crippen molar-refractivity contribution >= 4 is 0 Å². The monoisotopic (exact) mass is 214 g/mol. The first-order chi connectivity index (χ1) is 7.52. The van der Waals surface area contributed by atoms with Gasteiger partial charge in [-0.2, -0.15) is 0 Å². The standard InChI is InChI=1S/C16H22/c1-7-9-15(8-2)16-13(5)11(3)10-12(4)14(16)6/h1,10,15H,8-9H2,2-6H3. The fraction of sp³-hybridized carbons (Fsp3) is 0.500. The van der Waals surface area contributed by atoms with Crippen LogP contribution in [0.5, 0.6) is 0 Å². The number of rotatable bonds is 3. The van der Waals surface area contributed by atoms with Gasteiger partial charge < -0.3 is 0 Å². The van der Waals surface area contributed by atoms with E-state index in [9.17, 15) is 0 Å². The minimum absolute atomic E-state index is 0.517. The summed E-state index contributed by atoms with van der Waals surface area (Å²) in [6.07, 6.45) is 7.44. The molecule has 0 bridgehead atoms. The number of terminal acetylenes is 1. The van der Waals surface area contributed by atoms with Crippen molar-refractivity contribution in [1.82, 2.24) is 0 Å². The van der Waals surface area contributed by atoms with E-state index in [1.807, 2.05) is 0 Å². The third-order valence-electron chi connectivity index (χ3n) is 3.69. The summed E-state index contributed by atoms with van der Waals surface area (Å²) in [6.45, 7) is 11.0. The first kappa shape index (κ1) is 12.8. The average molecular weight is 214 g/mol. The second-order valence-corrected chi connectivity index (χ2v) is 4.69. The topological polar surface area (TPSA) is 0 Å². The number of hydrogen-bond donors (Lipinski definition) is 0. The molecule has 1 unspecified atom stereocenters. The Balaban J connectivity index is 3.36. The number of hydrogen-bond acceptors (Lipinski definition) is 0. The third kappa shape index (κ3) is 2.30. The lowest BCUT2D eigenvalue weighted by Gasteiger charge is -2.21. The average Bonchev–Trinajstić information content (AvgIpc) is 2.25. The van der Waals surface area contributed by atoms with Gasteiger partial charge in [0, 0.05) is 6.42 Å². The molecule has 1 atom stereocenters. The van der Waals surface area contributed by atoms with Crippen LogP contribution >= 0.6 is 0 Å². The molecule has 1 aromatic carbocycles. The van der Waals surface area contributed by atoms with Crippen LogP contribution in [0.25, 0.3) is 0 Å². The molecule has 0 aliphatic rings. The highest BCUT2D eigenvalue weighted by molar-refractivity contribution is 5.46. The van der Waals surface area contributed by atoms with Crippen molar-refractivity contribution in [2.24, 2.45) is 0 Å². The number of benzene rings is 1. The van der Waals surface area contributed by atoms with E-state index < -0.39 is 0 Å². The van der Waals surface area contributed by atoms with Gasteiger partial charge in [0.1, 0.15) is 0 Å². The van der Waals surface area contributed by atoms with Crippen LogP contribution in [-0.2, 0) is 0 Å². The van der Waals surface area contributed by atoms with Crippen molar-refractivity contribution in [2.75, 3.05) is 0 Å². The summed E-state index contributed by atoms with van der Waals surface area (Å²) in [5, 5.41) is 0. The van der Waals surface area contributed by atoms with E-state index in [-0.39, 0.29) is 0 Å². The molecule has 86 valence electrons. The SMILES string of the molecule is C#CCC(CC)c1c(C)c(C)cc(C)c1C. The van der Waals surface area contributed by atoms with Crippen molar-refractivity contribution < 1.29 is 0 Å². The van der Waals surface area contributed by atoms with Gasteiger partial charge in [0.25, 0.3) is 0 Å². The first-order valence-corrected chi connectivity index (χ1v) is 6.03. The normalized spacial score (nSPS) is 12.2. The predicted octanol–water partition coefficient (Wildman–Crippen LogP) is 4.44. The lowest BCUT2D eigenvalue weighted by Crippen LogP contribution is -2.05. The highest BCUT2D eigenvalue weighted by atomic mass is 14.2. The molecular weight excluding hydrogens is 192 g/mol. The minimum Gasteiger partial charge on any atom is -0.120 e. The summed E-state index contributed by atoms with van der Waals surface area (Å²) in [4.78, 5) is 0. The molecule has 0 fully saturated rings. The van der Waals surface area contributed by atoms with Crippen LogP contribution in [0.4, 0.5) is 0 Å². The lowest BCUT2D eigenvalue weighted by atomic mass is 9.83. The zero-order valence-electron chi connectivity index (χ0n) is 11.1. The van der Waals surface area contributed by atoms with Gasteiger partial charge in [-0.15, -0.1) is 12.3 Å². The van der Waals surface area contributed by atoms with Crippen molar-refractivity contribution in [3.63, 3.8) is 0 Å². The van der Waals surface area contributed by atoms with Gasteiger partial charge in [0.05, 0.1) is 0 Å². The van der Waals surface area contributed by atoms with Gasteiger partial charge in [0.2, 0.25) is 0 Å². The second kappa shape index (κ2) is 5.21. The maximum atomic E-state index is 5.47. The zero-order valence-corrected chi connectivity index (χ0v) is 11.1. The summed E-state index contributed by atoms with van der Waals surface area (Å²) in [5.74, 6) is 3.33. The van der Waals surface area contributed by atoms with E-state index in [1.54, 1.807) is 0 Å². The maximum Gasteiger partial charge on any atom is 0.0155 e. The van der Waals surface area contributed by atoms with E-state index in [1.165, 1.54) is 27.8 Å². The number of aryl methyl sites for hydroxylation is 2. The second-order valence-electron chi connectivity index (χ2n) is 4.69. The van der Waals surface area contributed by atoms with Crippen LogP contribution in [0.15, 0.2) is 6.07 Å². The molecule has 0 aliphatic carbocycles. The van der Waals surface area contributed by atoms with Crippen LogP contribution in [0.1, 0.15) is 53.5 Å². The van der Waals surface area contributed by atoms with Crippen molar-refractivity contribution in [3.8, 4) is 12.3 Å². The van der Waals surface area contributed by atoms with Gasteiger partial charge in [0.15, 0.2) is 0 Å². The molecule has 0 heteroatoms. The molecule has 0 nitrogen and oxygen atoms in total. The van der Waals surface area contributed by atoms with Crippen LogP contribution < -0.4 is 0 Å². The quantitative estimate of drug-likeness (QED) is 0.653. The smallest absolute Gasteiger partial charge is 0.0155 e. The van der Waals surface area contributed by atoms with Crippen molar-refractivity contribution in [3.05, 3.63) is 33.9 Å². The molecule has 0 amide bonds. The minimum atomic E-state index is 0.517. The Labute approximate surface area is 100 Å². The first-order valence-electron chi connectivity index (χ1n) is 6.03. The largest absolute Gasteiger partial charge is 0.120 e. The molecule has 0 saturated carbocycles. The fourth-order valence-electron chi connectivity index (χ4n) is 2.45. The Morgan fingerprint density at radius 3 is 2.00 bits per heavy atom. The van der Waals surface area contributed by atoms with Gasteiger partial charge in [-0.1, -0.05) is 13.0 Å². The Bertz CT molecular complexity index is 392. The molecule has 0 aromatic heterocycles. The molecule has 16 heavy (non-hydrogen) atoms. The molecule has 0 N–H and O–H groups in total. The zero-order chi connectivity index (χ0) is 12.3. The summed E-state index contributed by atoms with van der Waals surface area (Å²) < 4.78 is 0. The highest BCUT2D eigenvalue weighted by Gasteiger charge is 2.16. The van der Waals surface area contributed by atoms with E-state index in [0.717, 1.165) is 12.8 Å². The van der Waals surface area contributed by atoms with E-state index in [4.69, 9.17) is 6.42 Å². The van der Waals surface area contributed by atoms with E-state index in [0.29, 0.717) is 5.92 Å². The molecule has 0 radical (unpaired) electrons.